The number of ether oxygens (including phenoxy) is 1. The maximum Gasteiger partial charge on any atom is 0.416 e. The molecule has 3 aromatic rings. The summed E-state index contributed by atoms with van der Waals surface area (Å²) in [4.78, 5) is 12.0. The van der Waals surface area contributed by atoms with Crippen molar-refractivity contribution in [3.63, 3.8) is 0 Å². The Morgan fingerprint density at radius 3 is 2.45 bits per heavy atom. The second-order valence-corrected chi connectivity index (χ2v) is 6.31. The third kappa shape index (κ3) is 5.54. The van der Waals surface area contributed by atoms with E-state index in [-0.39, 0.29) is 24.6 Å². The van der Waals surface area contributed by atoms with Crippen LogP contribution in [-0.2, 0) is 6.18 Å². The van der Waals surface area contributed by atoms with Crippen LogP contribution in [0.3, 0.4) is 0 Å². The molecule has 0 fully saturated rings. The van der Waals surface area contributed by atoms with Gasteiger partial charge in [-0.05, 0) is 31.2 Å². The van der Waals surface area contributed by atoms with Gasteiger partial charge in [-0.2, -0.15) is 13.2 Å². The van der Waals surface area contributed by atoms with Crippen molar-refractivity contribution in [2.75, 3.05) is 13.2 Å². The summed E-state index contributed by atoms with van der Waals surface area (Å²) in [5.74, 6) is -0.324. The van der Waals surface area contributed by atoms with Crippen LogP contribution in [0.25, 0.3) is 11.3 Å². The first kappa shape index (κ1) is 20.3. The number of alkyl halides is 3. The Hall–Kier alpha value is -3.42. The highest BCUT2D eigenvalue weighted by Gasteiger charge is 2.30. The molecule has 29 heavy (non-hydrogen) atoms. The van der Waals surface area contributed by atoms with Gasteiger partial charge in [0, 0.05) is 17.2 Å². The molecule has 1 aromatic heterocycles. The van der Waals surface area contributed by atoms with Crippen LogP contribution in [0.1, 0.15) is 21.5 Å². The van der Waals surface area contributed by atoms with Gasteiger partial charge in [-0.25, -0.2) is 0 Å². The van der Waals surface area contributed by atoms with Gasteiger partial charge < -0.3 is 10.1 Å². The number of hydrogen-bond donors (Lipinski definition) is 1. The highest BCUT2D eigenvalue weighted by atomic mass is 19.4. The average Bonchev–Trinajstić information content (AvgIpc) is 2.71. The quantitative estimate of drug-likeness (QED) is 0.627. The molecule has 0 aliphatic rings. The van der Waals surface area contributed by atoms with Crippen LogP contribution in [0, 0.1) is 6.92 Å². The van der Waals surface area contributed by atoms with Crippen molar-refractivity contribution < 1.29 is 22.7 Å². The Morgan fingerprint density at radius 1 is 1.03 bits per heavy atom. The van der Waals surface area contributed by atoms with Gasteiger partial charge >= 0.3 is 6.18 Å². The van der Waals surface area contributed by atoms with E-state index in [2.05, 4.69) is 15.5 Å². The predicted octanol–water partition coefficient (Wildman–Crippen LogP) is 4.28. The Morgan fingerprint density at radius 2 is 1.79 bits per heavy atom. The van der Waals surface area contributed by atoms with Crippen LogP contribution in [0.15, 0.2) is 60.7 Å². The second kappa shape index (κ2) is 8.72. The maximum atomic E-state index is 12.7. The zero-order valence-corrected chi connectivity index (χ0v) is 15.5. The fourth-order valence-corrected chi connectivity index (χ4v) is 2.53. The van der Waals surface area contributed by atoms with Crippen molar-refractivity contribution in [2.45, 2.75) is 13.1 Å². The number of rotatable bonds is 6. The number of benzene rings is 2. The van der Waals surface area contributed by atoms with E-state index in [1.54, 1.807) is 12.1 Å². The van der Waals surface area contributed by atoms with E-state index < -0.39 is 17.6 Å². The number of hydrogen-bond acceptors (Lipinski definition) is 4. The largest absolute Gasteiger partial charge is 0.475 e. The van der Waals surface area contributed by atoms with Crippen molar-refractivity contribution >= 4 is 5.91 Å². The minimum Gasteiger partial charge on any atom is -0.475 e. The summed E-state index contributed by atoms with van der Waals surface area (Å²) in [7, 11) is 0. The summed E-state index contributed by atoms with van der Waals surface area (Å²) in [6, 6.07) is 15.5. The molecular formula is C21H18F3N3O2. The van der Waals surface area contributed by atoms with Crippen LogP contribution in [0.2, 0.25) is 0 Å². The minimum atomic E-state index is -4.50. The maximum absolute atomic E-state index is 12.7. The molecule has 0 atom stereocenters. The van der Waals surface area contributed by atoms with Gasteiger partial charge in [-0.15, -0.1) is 10.2 Å². The Balaban J connectivity index is 1.49. The fourth-order valence-electron chi connectivity index (χ4n) is 2.53. The van der Waals surface area contributed by atoms with E-state index in [0.29, 0.717) is 5.69 Å². The van der Waals surface area contributed by atoms with Crippen LogP contribution < -0.4 is 10.1 Å². The number of aryl methyl sites for hydroxylation is 1. The molecule has 0 saturated carbocycles. The monoisotopic (exact) mass is 401 g/mol. The van der Waals surface area contributed by atoms with Gasteiger partial charge in [0.1, 0.15) is 6.61 Å². The number of carbonyl (C=O) groups excluding carboxylic acids is 1. The average molecular weight is 401 g/mol. The summed E-state index contributed by atoms with van der Waals surface area (Å²) in [5.41, 5.74) is 1.85. The third-order valence-electron chi connectivity index (χ3n) is 4.08. The lowest BCUT2D eigenvalue weighted by Gasteiger charge is -2.10. The van der Waals surface area contributed by atoms with Crippen molar-refractivity contribution in [3.05, 3.63) is 77.4 Å². The van der Waals surface area contributed by atoms with Gasteiger partial charge in [0.05, 0.1) is 17.8 Å². The van der Waals surface area contributed by atoms with Crippen LogP contribution in [-0.4, -0.2) is 29.3 Å². The molecule has 0 radical (unpaired) electrons. The van der Waals surface area contributed by atoms with E-state index in [1.165, 1.54) is 12.1 Å². The molecule has 1 N–H and O–H groups in total. The third-order valence-corrected chi connectivity index (χ3v) is 4.08. The van der Waals surface area contributed by atoms with Gasteiger partial charge in [0.25, 0.3) is 5.91 Å². The van der Waals surface area contributed by atoms with Crippen LogP contribution in [0.4, 0.5) is 13.2 Å². The minimum absolute atomic E-state index is 0.0675. The van der Waals surface area contributed by atoms with E-state index in [4.69, 9.17) is 4.74 Å². The number of aromatic nitrogens is 2. The molecule has 0 unspecified atom stereocenters. The van der Waals surface area contributed by atoms with Crippen molar-refractivity contribution in [2.24, 2.45) is 0 Å². The first-order chi connectivity index (χ1) is 13.8. The van der Waals surface area contributed by atoms with Gasteiger partial charge in [0.2, 0.25) is 5.88 Å². The molecule has 0 bridgehead atoms. The molecule has 0 aliphatic heterocycles. The summed E-state index contributed by atoms with van der Waals surface area (Å²) in [6.45, 7) is 2.21. The van der Waals surface area contributed by atoms with E-state index in [1.807, 2.05) is 31.2 Å². The summed E-state index contributed by atoms with van der Waals surface area (Å²) >= 11 is 0. The molecule has 0 spiro atoms. The topological polar surface area (TPSA) is 64.1 Å². The standard InChI is InChI=1S/C21H18F3N3O2/c1-14-5-7-15(8-6-14)18-9-10-19(27-26-18)29-12-11-25-20(28)16-3-2-4-17(13-16)21(22,23)24/h2-10,13H,11-12H2,1H3,(H,25,28). The number of halogens is 3. The van der Waals surface area contributed by atoms with Crippen molar-refractivity contribution in [1.82, 2.24) is 15.5 Å². The lowest BCUT2D eigenvalue weighted by Crippen LogP contribution is -2.28. The molecule has 1 heterocycles. The summed E-state index contributed by atoms with van der Waals surface area (Å²) < 4.78 is 43.6. The zero-order valence-electron chi connectivity index (χ0n) is 15.5. The second-order valence-electron chi connectivity index (χ2n) is 6.31. The molecule has 1 amide bonds. The van der Waals surface area contributed by atoms with E-state index >= 15 is 0 Å². The number of nitrogens with zero attached hydrogens (tertiary/aromatic N) is 2. The highest BCUT2D eigenvalue weighted by molar-refractivity contribution is 5.94. The first-order valence-corrected chi connectivity index (χ1v) is 8.82. The highest BCUT2D eigenvalue weighted by Crippen LogP contribution is 2.29. The van der Waals surface area contributed by atoms with Crippen LogP contribution in [0.5, 0.6) is 5.88 Å². The van der Waals surface area contributed by atoms with E-state index in [0.717, 1.165) is 23.3 Å². The van der Waals surface area contributed by atoms with Crippen molar-refractivity contribution in [1.29, 1.82) is 0 Å². The molecule has 0 saturated heterocycles. The molecule has 8 heteroatoms. The molecular weight excluding hydrogens is 383 g/mol. The predicted molar refractivity (Wildman–Crippen MR) is 101 cm³/mol. The number of nitrogens with one attached hydrogen (secondary N) is 1. The fraction of sp³-hybridized carbons (Fsp3) is 0.190. The first-order valence-electron chi connectivity index (χ1n) is 8.82. The van der Waals surface area contributed by atoms with Gasteiger partial charge in [0.15, 0.2) is 0 Å². The lowest BCUT2D eigenvalue weighted by atomic mass is 10.1. The van der Waals surface area contributed by atoms with Gasteiger partial charge in [-0.3, -0.25) is 4.79 Å². The molecule has 5 nitrogen and oxygen atoms in total. The summed E-state index contributed by atoms with van der Waals surface area (Å²) in [5, 5.41) is 10.6. The Labute approximate surface area is 165 Å². The zero-order chi connectivity index (χ0) is 20.9. The Kier molecular flexibility index (Phi) is 6.11. The van der Waals surface area contributed by atoms with Crippen molar-refractivity contribution in [3.8, 4) is 17.1 Å². The molecule has 3 rings (SSSR count). The number of carbonyl (C=O) groups is 1. The molecule has 0 aliphatic carbocycles. The normalized spacial score (nSPS) is 11.2. The Bertz CT molecular complexity index is 972. The van der Waals surface area contributed by atoms with Crippen LogP contribution >= 0.6 is 0 Å². The smallest absolute Gasteiger partial charge is 0.416 e. The van der Waals surface area contributed by atoms with E-state index in [9.17, 15) is 18.0 Å². The lowest BCUT2D eigenvalue weighted by molar-refractivity contribution is -0.137. The SMILES string of the molecule is Cc1ccc(-c2ccc(OCCNC(=O)c3cccc(C(F)(F)F)c3)nn2)cc1. The summed E-state index contributed by atoms with van der Waals surface area (Å²) in [6.07, 6.45) is -4.50. The molecule has 150 valence electrons. The number of amides is 1. The van der Waals surface area contributed by atoms with Gasteiger partial charge in [-0.1, -0.05) is 35.9 Å². The molecule has 2 aromatic carbocycles.